The monoisotopic (exact) mass is 474 g/mol. The van der Waals surface area contributed by atoms with Crippen molar-refractivity contribution in [3.63, 3.8) is 0 Å². The molecule has 1 aromatic heterocycles. The molecule has 0 spiro atoms. The summed E-state index contributed by atoms with van der Waals surface area (Å²) < 4.78 is 20.1. The predicted molar refractivity (Wildman–Crippen MR) is 134 cm³/mol. The smallest absolute Gasteiger partial charge is 0.282 e. The first kappa shape index (κ1) is 21.5. The van der Waals surface area contributed by atoms with Crippen molar-refractivity contribution in [2.24, 2.45) is 0 Å². The van der Waals surface area contributed by atoms with Gasteiger partial charge in [0.2, 0.25) is 0 Å². The van der Waals surface area contributed by atoms with E-state index in [1.54, 1.807) is 27.7 Å². The fraction of sp³-hybridized carbons (Fsp3) is 0.0714. The molecular formula is C28H19FN6O. The van der Waals surface area contributed by atoms with Gasteiger partial charge in [0.1, 0.15) is 17.6 Å². The number of nitriles is 1. The first-order valence-electron chi connectivity index (χ1n) is 11.3. The number of hydrogen-bond donors (Lipinski definition) is 0. The van der Waals surface area contributed by atoms with Crippen LogP contribution in [0.2, 0.25) is 0 Å². The molecule has 0 atom stereocenters. The van der Waals surface area contributed by atoms with Gasteiger partial charge in [0, 0.05) is 25.1 Å². The van der Waals surface area contributed by atoms with Crippen molar-refractivity contribution in [3.05, 3.63) is 118 Å². The highest BCUT2D eigenvalue weighted by Crippen LogP contribution is 2.33. The van der Waals surface area contributed by atoms with Gasteiger partial charge >= 0.3 is 0 Å². The van der Waals surface area contributed by atoms with Crippen LogP contribution in [0.4, 0.5) is 4.39 Å². The molecule has 36 heavy (non-hydrogen) atoms. The average molecular weight is 474 g/mol. The summed E-state index contributed by atoms with van der Waals surface area (Å²) in [6.45, 7) is 2.22. The van der Waals surface area contributed by atoms with Crippen molar-refractivity contribution in [3.8, 4) is 28.7 Å². The molecular weight excluding hydrogens is 455 g/mol. The molecule has 3 heterocycles. The van der Waals surface area contributed by atoms with Crippen LogP contribution in [0.25, 0.3) is 33.5 Å². The Morgan fingerprint density at radius 2 is 1.83 bits per heavy atom. The van der Waals surface area contributed by atoms with E-state index in [1.807, 2.05) is 61.7 Å². The van der Waals surface area contributed by atoms with Crippen LogP contribution in [-0.2, 0) is 6.54 Å². The fourth-order valence-corrected chi connectivity index (χ4v) is 4.58. The van der Waals surface area contributed by atoms with Gasteiger partial charge in [-0.25, -0.2) is 9.07 Å². The minimum atomic E-state index is -0.535. The summed E-state index contributed by atoms with van der Waals surface area (Å²) in [4.78, 5) is 13.5. The van der Waals surface area contributed by atoms with Crippen molar-refractivity contribution in [1.29, 1.82) is 5.26 Å². The Morgan fingerprint density at radius 1 is 1.03 bits per heavy atom. The van der Waals surface area contributed by atoms with Crippen LogP contribution in [-0.4, -0.2) is 24.1 Å². The van der Waals surface area contributed by atoms with Crippen LogP contribution in [0.15, 0.2) is 90.1 Å². The second kappa shape index (κ2) is 8.32. The Hall–Kier alpha value is -5.03. The Balaban J connectivity index is 1.57. The lowest BCUT2D eigenvalue weighted by molar-refractivity contribution is 0.638. The van der Waals surface area contributed by atoms with Crippen LogP contribution < -0.4 is 5.56 Å². The van der Waals surface area contributed by atoms with E-state index < -0.39 is 5.82 Å². The molecule has 0 radical (unpaired) electrons. The molecule has 0 saturated heterocycles. The van der Waals surface area contributed by atoms with Gasteiger partial charge in [0.15, 0.2) is 0 Å². The molecule has 0 fully saturated rings. The number of rotatable bonds is 4. The lowest BCUT2D eigenvalue weighted by Crippen LogP contribution is -2.16. The average Bonchev–Trinajstić information content (AvgIpc) is 3.54. The minimum Gasteiger partial charge on any atom is -0.341 e. The number of aromatic nitrogens is 5. The van der Waals surface area contributed by atoms with E-state index in [1.165, 1.54) is 16.8 Å². The second-order valence-electron chi connectivity index (χ2n) is 8.57. The van der Waals surface area contributed by atoms with Crippen molar-refractivity contribution < 1.29 is 4.39 Å². The van der Waals surface area contributed by atoms with Gasteiger partial charge in [-0.3, -0.25) is 4.79 Å². The molecule has 0 saturated carbocycles. The van der Waals surface area contributed by atoms with Crippen LogP contribution >= 0.6 is 0 Å². The van der Waals surface area contributed by atoms with E-state index in [0.717, 1.165) is 16.8 Å². The number of pyridine rings is 1. The summed E-state index contributed by atoms with van der Waals surface area (Å²) in [6, 6.07) is 21.9. The molecule has 6 rings (SSSR count). The number of nitrogens with zero attached hydrogens (tertiary/aromatic N) is 6. The first-order valence-corrected chi connectivity index (χ1v) is 11.3. The van der Waals surface area contributed by atoms with Gasteiger partial charge in [0.25, 0.3) is 5.56 Å². The lowest BCUT2D eigenvalue weighted by Gasteiger charge is -2.16. The lowest BCUT2D eigenvalue weighted by atomic mass is 10.0. The first-order chi connectivity index (χ1) is 17.5. The number of aryl methyl sites for hydroxylation is 1. The molecule has 7 nitrogen and oxygen atoms in total. The largest absolute Gasteiger partial charge is 0.341 e. The van der Waals surface area contributed by atoms with E-state index in [-0.39, 0.29) is 22.2 Å². The molecule has 2 aliphatic rings. The van der Waals surface area contributed by atoms with Gasteiger partial charge in [-0.1, -0.05) is 30.3 Å². The van der Waals surface area contributed by atoms with Gasteiger partial charge in [-0.2, -0.15) is 20.1 Å². The predicted octanol–water partition coefficient (Wildman–Crippen LogP) is 4.85. The molecule has 4 aromatic rings. The zero-order chi connectivity index (χ0) is 24.8. The minimum absolute atomic E-state index is 0.157. The molecule has 0 N–H and O–H groups in total. The van der Waals surface area contributed by atoms with Crippen LogP contribution in [0.3, 0.4) is 0 Å². The normalized spacial score (nSPS) is 11.2. The molecule has 8 heteroatoms. The Labute approximate surface area is 205 Å². The van der Waals surface area contributed by atoms with E-state index >= 15 is 4.39 Å². The number of para-hydroxylation sites is 1. The molecule has 0 bridgehead atoms. The quantitative estimate of drug-likeness (QED) is 0.366. The standard InChI is InChI=1S/C28H19FN6O/c1-18-5-2-3-6-24(18)35-28(36)22-17-33(16-19-7-10-21(11-8-19)34-14-4-13-31-34)27-20(15-30)9-12-23(29)25(27)26(22)32-35/h2-14,17H,16H2,1H3. The van der Waals surface area contributed by atoms with Gasteiger partial charge in [-0.15, -0.1) is 0 Å². The van der Waals surface area contributed by atoms with Crippen molar-refractivity contribution in [2.45, 2.75) is 13.5 Å². The van der Waals surface area contributed by atoms with Gasteiger partial charge in [0.05, 0.1) is 33.4 Å². The summed E-state index contributed by atoms with van der Waals surface area (Å²) in [5.74, 6) is -0.535. The van der Waals surface area contributed by atoms with Gasteiger partial charge < -0.3 is 4.57 Å². The number of hydrogen-bond acceptors (Lipinski definition) is 4. The maximum Gasteiger partial charge on any atom is 0.282 e. The summed E-state index contributed by atoms with van der Waals surface area (Å²) in [7, 11) is 0. The third-order valence-electron chi connectivity index (χ3n) is 6.34. The summed E-state index contributed by atoms with van der Waals surface area (Å²) in [5, 5.41) is 18.7. The third kappa shape index (κ3) is 3.37. The number of halogens is 1. The third-order valence-corrected chi connectivity index (χ3v) is 6.34. The molecule has 174 valence electrons. The summed E-state index contributed by atoms with van der Waals surface area (Å²) >= 11 is 0. The van der Waals surface area contributed by atoms with Crippen LogP contribution in [0.5, 0.6) is 0 Å². The number of fused-ring (bicyclic) bond motifs is 3. The highest BCUT2D eigenvalue weighted by Gasteiger charge is 2.25. The Kier molecular flexibility index (Phi) is 4.97. The maximum absolute atomic E-state index is 15.3. The topological polar surface area (TPSA) is 81.4 Å². The van der Waals surface area contributed by atoms with Crippen LogP contribution in [0, 0.1) is 24.1 Å². The van der Waals surface area contributed by atoms with Crippen LogP contribution in [0.1, 0.15) is 16.7 Å². The van der Waals surface area contributed by atoms with Crippen molar-refractivity contribution >= 4 is 10.9 Å². The SMILES string of the molecule is Cc1ccccc1-n1nc2c3c(F)ccc(C#N)c3n(Cc3ccc(-n4cccn4)cc3)cc-2c1=O. The Morgan fingerprint density at radius 3 is 2.56 bits per heavy atom. The van der Waals surface area contributed by atoms with Gasteiger partial charge in [-0.05, 0) is 54.4 Å². The fourth-order valence-electron chi connectivity index (χ4n) is 4.58. The highest BCUT2D eigenvalue weighted by molar-refractivity contribution is 5.97. The van der Waals surface area contributed by atoms with E-state index in [2.05, 4.69) is 16.3 Å². The molecule has 0 unspecified atom stereocenters. The summed E-state index contributed by atoms with van der Waals surface area (Å²) in [6.07, 6.45) is 5.24. The van der Waals surface area contributed by atoms with Crippen molar-refractivity contribution in [1.82, 2.24) is 24.1 Å². The second-order valence-corrected chi connectivity index (χ2v) is 8.57. The van der Waals surface area contributed by atoms with Crippen molar-refractivity contribution in [2.75, 3.05) is 0 Å². The highest BCUT2D eigenvalue weighted by atomic mass is 19.1. The molecule has 3 aromatic carbocycles. The molecule has 0 amide bonds. The molecule has 0 aliphatic carbocycles. The van der Waals surface area contributed by atoms with E-state index in [0.29, 0.717) is 23.3 Å². The Bertz CT molecular complexity index is 1810. The molecule has 2 aliphatic heterocycles. The van der Waals surface area contributed by atoms with E-state index in [4.69, 9.17) is 0 Å². The number of benzene rings is 3. The summed E-state index contributed by atoms with van der Waals surface area (Å²) in [5.41, 5.74) is 4.20. The zero-order valence-electron chi connectivity index (χ0n) is 19.3. The zero-order valence-corrected chi connectivity index (χ0v) is 19.3. The maximum atomic E-state index is 15.3. The van der Waals surface area contributed by atoms with E-state index in [9.17, 15) is 10.1 Å².